The Morgan fingerprint density at radius 3 is 2.07 bits per heavy atom. The number of aliphatic hydroxyl groups excluding tert-OH is 1. The number of nitrogens with one attached hydrogen (secondary N) is 2. The third kappa shape index (κ3) is 9.64. The predicted octanol–water partition coefficient (Wildman–Crippen LogP) is 8.21. The quantitative estimate of drug-likeness (QED) is 0.0623. The largest absolute Gasteiger partial charge is 0.494 e. The summed E-state index contributed by atoms with van der Waals surface area (Å²) in [5.41, 5.74) is 8.56. The van der Waals surface area contributed by atoms with Gasteiger partial charge >= 0.3 is 0 Å². The molecule has 3 N–H and O–H groups in total. The molecule has 0 spiro atoms. The van der Waals surface area contributed by atoms with Crippen molar-refractivity contribution in [3.63, 3.8) is 0 Å². The Labute approximate surface area is 337 Å². The van der Waals surface area contributed by atoms with E-state index in [1.807, 2.05) is 109 Å². The molecule has 9 nitrogen and oxygen atoms in total. The molecule has 0 fully saturated rings. The first-order chi connectivity index (χ1) is 27.8. The number of hydrazine groups is 1. The van der Waals surface area contributed by atoms with Crippen LogP contribution in [-0.2, 0) is 25.9 Å². The van der Waals surface area contributed by atoms with Crippen LogP contribution < -0.4 is 15.6 Å². The molecule has 1 heterocycles. The van der Waals surface area contributed by atoms with Crippen molar-refractivity contribution >= 4 is 33.4 Å². The molecular weight excluding hydrogens is 755 g/mol. The zero-order chi connectivity index (χ0) is 39.5. The number of ether oxygens (including phenoxy) is 2. The molecule has 1 aliphatic heterocycles. The minimum absolute atomic E-state index is 0.0224. The van der Waals surface area contributed by atoms with Gasteiger partial charge in [0.2, 0.25) is 5.90 Å². The van der Waals surface area contributed by atoms with Gasteiger partial charge in [-0.15, -0.1) is 0 Å². The van der Waals surface area contributed by atoms with Crippen molar-refractivity contribution in [3.05, 3.63) is 180 Å². The highest BCUT2D eigenvalue weighted by Crippen LogP contribution is 2.43. The van der Waals surface area contributed by atoms with Crippen LogP contribution >= 0.6 is 11.8 Å². The molecule has 0 aliphatic carbocycles. The Kier molecular flexibility index (Phi) is 12.8. The molecule has 0 aromatic heterocycles. The summed E-state index contributed by atoms with van der Waals surface area (Å²) < 4.78 is 40.0. The van der Waals surface area contributed by atoms with Gasteiger partial charge in [0, 0.05) is 41.3 Å². The van der Waals surface area contributed by atoms with Crippen LogP contribution in [0.4, 0.5) is 0 Å². The number of sulfone groups is 1. The van der Waals surface area contributed by atoms with Crippen LogP contribution in [0.2, 0.25) is 0 Å². The van der Waals surface area contributed by atoms with Crippen LogP contribution in [0, 0.1) is 0 Å². The van der Waals surface area contributed by atoms with Gasteiger partial charge < -0.3 is 14.6 Å². The normalized spacial score (nSPS) is 16.4. The lowest BCUT2D eigenvalue weighted by atomic mass is 9.84. The van der Waals surface area contributed by atoms with Crippen molar-refractivity contribution in [1.82, 2.24) is 10.9 Å². The number of carbonyl (C=O) groups excluding carboxylic acids is 1. The molecule has 1 amide bonds. The van der Waals surface area contributed by atoms with Gasteiger partial charge in [0.1, 0.15) is 5.75 Å². The fourth-order valence-electron chi connectivity index (χ4n) is 6.58. The molecule has 0 unspecified atom stereocenters. The lowest BCUT2D eigenvalue weighted by Crippen LogP contribution is -2.53. The number of amides is 1. The van der Waals surface area contributed by atoms with Gasteiger partial charge in [0.05, 0.1) is 17.3 Å². The van der Waals surface area contributed by atoms with Crippen LogP contribution in [0.1, 0.15) is 35.6 Å². The highest BCUT2D eigenvalue weighted by atomic mass is 32.2. The Morgan fingerprint density at radius 2 is 1.37 bits per heavy atom. The maximum absolute atomic E-state index is 14.8. The first-order valence-electron chi connectivity index (χ1n) is 18.7. The van der Waals surface area contributed by atoms with Crippen LogP contribution in [0.25, 0.3) is 11.1 Å². The maximum Gasteiger partial charge on any atom is 0.266 e. The molecule has 1 aliphatic rings. The number of rotatable bonds is 17. The van der Waals surface area contributed by atoms with Gasteiger partial charge in [0.25, 0.3) is 5.91 Å². The van der Waals surface area contributed by atoms with Crippen molar-refractivity contribution in [1.29, 1.82) is 0 Å². The van der Waals surface area contributed by atoms with E-state index in [4.69, 9.17) is 19.6 Å². The highest BCUT2D eigenvalue weighted by Gasteiger charge is 2.53. The number of nitrogens with zero attached hydrogens (tertiary/aromatic N) is 1. The Morgan fingerprint density at radius 1 is 0.754 bits per heavy atom. The summed E-state index contributed by atoms with van der Waals surface area (Å²) >= 11 is 1.63. The molecule has 0 saturated carbocycles. The van der Waals surface area contributed by atoms with E-state index in [1.165, 1.54) is 0 Å². The van der Waals surface area contributed by atoms with Gasteiger partial charge in [-0.25, -0.2) is 18.8 Å². The van der Waals surface area contributed by atoms with Gasteiger partial charge in [-0.3, -0.25) is 10.2 Å². The molecule has 6 aromatic rings. The molecule has 6 aromatic carbocycles. The van der Waals surface area contributed by atoms with Crippen molar-refractivity contribution < 1.29 is 27.8 Å². The minimum atomic E-state index is -3.83. The fraction of sp³-hybridized carbons (Fsp3) is 0.174. The summed E-state index contributed by atoms with van der Waals surface area (Å²) in [6.45, 7) is 0.677. The molecule has 2 atom stereocenters. The summed E-state index contributed by atoms with van der Waals surface area (Å²) in [5.74, 6) is -0.0927. The van der Waals surface area contributed by atoms with E-state index >= 15 is 0 Å². The zero-order valence-corrected chi connectivity index (χ0v) is 32.8. The van der Waals surface area contributed by atoms with Crippen LogP contribution in [-0.4, -0.2) is 49.8 Å². The molecule has 0 radical (unpaired) electrons. The molecular formula is C46H43N3O6S2. The number of carbonyl (C=O) groups is 1. The van der Waals surface area contributed by atoms with Gasteiger partial charge in [-0.05, 0) is 76.9 Å². The number of aliphatic imine (C=N–C) groups is 1. The molecule has 7 rings (SSSR count). The number of hydrogen-bond donors (Lipinski definition) is 3. The van der Waals surface area contributed by atoms with E-state index in [-0.39, 0.29) is 29.6 Å². The monoisotopic (exact) mass is 797 g/mol. The first-order valence-corrected chi connectivity index (χ1v) is 21.2. The highest BCUT2D eigenvalue weighted by molar-refractivity contribution is 7.99. The van der Waals surface area contributed by atoms with Crippen molar-refractivity contribution in [3.8, 4) is 16.9 Å². The van der Waals surface area contributed by atoms with E-state index < -0.39 is 27.4 Å². The smallest absolute Gasteiger partial charge is 0.266 e. The summed E-state index contributed by atoms with van der Waals surface area (Å²) in [4.78, 5) is 22.1. The van der Waals surface area contributed by atoms with Crippen LogP contribution in [0.3, 0.4) is 0 Å². The number of hydrogen-bond acceptors (Lipinski definition) is 9. The molecule has 11 heteroatoms. The molecule has 57 heavy (non-hydrogen) atoms. The Hall–Kier alpha value is -5.72. The summed E-state index contributed by atoms with van der Waals surface area (Å²) in [5, 5.41) is 9.17. The van der Waals surface area contributed by atoms with Gasteiger partial charge in [-0.2, -0.15) is 0 Å². The SMILES string of the molecule is O=C(NNCc1ccccc1Sc1ccccc1)[C@@]1(CCS(=O)(=O)c2ccccc2)N=C(c2ccc(OCCCO)cc2)O[C@H]1c1ccc(-c2ccccc2)cc1. The molecule has 0 saturated heterocycles. The van der Waals surface area contributed by atoms with Crippen molar-refractivity contribution in [2.24, 2.45) is 4.99 Å². The van der Waals surface area contributed by atoms with Crippen LogP contribution in [0.5, 0.6) is 5.75 Å². The predicted molar refractivity (Wildman–Crippen MR) is 224 cm³/mol. The van der Waals surface area contributed by atoms with Gasteiger partial charge in [-0.1, -0.05) is 121 Å². The van der Waals surface area contributed by atoms with Crippen molar-refractivity contribution in [2.75, 3.05) is 19.0 Å². The number of aliphatic hydroxyl groups is 1. The standard InChI is InChI=1S/C46H43N3O6S2/c50-30-12-31-54-39-27-25-37(26-28-39)44-48-46(29-32-57(52,53)41-18-8-3-9-19-41,43(55-44)36-23-21-35(22-24-36)34-13-4-1-5-14-34)45(51)49-47-33-38-15-10-11-20-42(38)56-40-16-6-2-7-17-40/h1-11,13-28,43,47,50H,12,29-33H2,(H,49,51)/t43-,46-/m0/s1. The number of benzene rings is 6. The average molecular weight is 798 g/mol. The lowest BCUT2D eigenvalue weighted by molar-refractivity contribution is -0.130. The average Bonchev–Trinajstić information content (AvgIpc) is 3.66. The summed E-state index contributed by atoms with van der Waals surface area (Å²) in [6.07, 6.45) is -0.654. The minimum Gasteiger partial charge on any atom is -0.494 e. The zero-order valence-electron chi connectivity index (χ0n) is 31.2. The lowest BCUT2D eigenvalue weighted by Gasteiger charge is -2.31. The van der Waals surface area contributed by atoms with E-state index in [1.54, 1.807) is 66.4 Å². The maximum atomic E-state index is 14.8. The van der Waals surface area contributed by atoms with Gasteiger partial charge in [0.15, 0.2) is 21.5 Å². The third-order valence-corrected chi connectivity index (χ3v) is 12.5. The summed E-state index contributed by atoms with van der Waals surface area (Å²) in [7, 11) is -3.83. The Balaban J connectivity index is 1.23. The van der Waals surface area contributed by atoms with E-state index in [2.05, 4.69) is 10.9 Å². The Bertz CT molecular complexity index is 2380. The van der Waals surface area contributed by atoms with E-state index in [0.29, 0.717) is 36.4 Å². The fourth-order valence-corrected chi connectivity index (χ4v) is 8.93. The summed E-state index contributed by atoms with van der Waals surface area (Å²) in [6, 6.07) is 51.0. The van der Waals surface area contributed by atoms with Crippen molar-refractivity contribution in [2.45, 2.75) is 45.7 Å². The topological polar surface area (TPSA) is 126 Å². The second-order valence-electron chi connectivity index (χ2n) is 13.5. The second kappa shape index (κ2) is 18.5. The molecule has 290 valence electrons. The van der Waals surface area contributed by atoms with E-state index in [9.17, 15) is 13.2 Å². The van der Waals surface area contributed by atoms with Crippen LogP contribution in [0.15, 0.2) is 183 Å². The van der Waals surface area contributed by atoms with E-state index in [0.717, 1.165) is 26.5 Å². The molecule has 0 bridgehead atoms. The first kappa shape index (κ1) is 39.5. The second-order valence-corrected chi connectivity index (χ2v) is 16.7. The third-order valence-electron chi connectivity index (χ3n) is 9.63.